The molecule has 5 aromatic heterocycles. The maximum atomic E-state index is 4.73. The highest BCUT2D eigenvalue weighted by Crippen LogP contribution is 2.41. The van der Waals surface area contributed by atoms with E-state index in [1.54, 1.807) is 35.1 Å². The number of thiophene rings is 2. The average molecular weight is 423 g/mol. The van der Waals surface area contributed by atoms with Crippen LogP contribution in [0.25, 0.3) is 32.0 Å². The fraction of sp³-hybridized carbons (Fsp3) is 0.105. The van der Waals surface area contributed by atoms with E-state index in [2.05, 4.69) is 43.1 Å². The summed E-state index contributed by atoms with van der Waals surface area (Å²) in [6, 6.07) is 8.07. The Labute approximate surface area is 173 Å². The summed E-state index contributed by atoms with van der Waals surface area (Å²) in [5.74, 6) is 1.53. The predicted molar refractivity (Wildman–Crippen MR) is 114 cm³/mol. The van der Waals surface area contributed by atoms with E-state index in [4.69, 9.17) is 4.98 Å². The number of fused-ring (bicyclic) bond motifs is 1. The molecule has 0 aromatic carbocycles. The smallest absolute Gasteiger partial charge is 0.197 e. The molecule has 138 valence electrons. The zero-order valence-corrected chi connectivity index (χ0v) is 17.5. The maximum absolute atomic E-state index is 4.73. The van der Waals surface area contributed by atoms with Crippen molar-refractivity contribution >= 4 is 44.7 Å². The van der Waals surface area contributed by atoms with E-state index in [9.17, 15) is 0 Å². The first-order chi connectivity index (χ1) is 13.7. The van der Waals surface area contributed by atoms with Crippen LogP contribution in [0.15, 0.2) is 57.6 Å². The van der Waals surface area contributed by atoms with Crippen molar-refractivity contribution < 1.29 is 0 Å². The number of hydrogen-bond acceptors (Lipinski definition) is 8. The Kier molecular flexibility index (Phi) is 4.42. The highest BCUT2D eigenvalue weighted by Gasteiger charge is 2.19. The summed E-state index contributed by atoms with van der Waals surface area (Å²) < 4.78 is 1.97. The molecular weight excluding hydrogens is 408 g/mol. The standard InChI is InChI=1S/C19H14N6S3/c1-11-21-17-15(13(10-27-17)14-6-4-8-26-14)18(22-11)28-19-24-23-16(25(19)2)12-5-3-7-20-9-12/h3-10H,1-2H3. The van der Waals surface area contributed by atoms with Crippen LogP contribution in [0.4, 0.5) is 0 Å². The van der Waals surface area contributed by atoms with E-state index in [-0.39, 0.29) is 0 Å². The lowest BCUT2D eigenvalue weighted by Gasteiger charge is -2.06. The summed E-state index contributed by atoms with van der Waals surface area (Å²) in [6.07, 6.45) is 3.54. The molecule has 0 fully saturated rings. The molecule has 5 aromatic rings. The van der Waals surface area contributed by atoms with E-state index >= 15 is 0 Å². The molecule has 0 bridgehead atoms. The van der Waals surface area contributed by atoms with Crippen LogP contribution in [0.3, 0.4) is 0 Å². The van der Waals surface area contributed by atoms with Gasteiger partial charge >= 0.3 is 0 Å². The lowest BCUT2D eigenvalue weighted by atomic mass is 10.2. The van der Waals surface area contributed by atoms with Crippen molar-refractivity contribution in [1.82, 2.24) is 29.7 Å². The number of aryl methyl sites for hydroxylation is 1. The molecular formula is C19H14N6S3. The number of nitrogens with zero attached hydrogens (tertiary/aromatic N) is 6. The predicted octanol–water partition coefficient (Wildman–Crippen LogP) is 5.07. The largest absolute Gasteiger partial charge is 0.305 e. The summed E-state index contributed by atoms with van der Waals surface area (Å²) in [5.41, 5.74) is 2.11. The van der Waals surface area contributed by atoms with Crippen LogP contribution in [-0.4, -0.2) is 29.7 Å². The van der Waals surface area contributed by atoms with Gasteiger partial charge in [-0.25, -0.2) is 9.97 Å². The van der Waals surface area contributed by atoms with Gasteiger partial charge < -0.3 is 4.57 Å². The molecule has 0 aliphatic carbocycles. The van der Waals surface area contributed by atoms with Crippen molar-refractivity contribution in [3.8, 4) is 21.8 Å². The topological polar surface area (TPSA) is 69.4 Å². The Morgan fingerprint density at radius 3 is 2.79 bits per heavy atom. The van der Waals surface area contributed by atoms with Crippen LogP contribution < -0.4 is 0 Å². The Hall–Kier alpha value is -2.62. The fourth-order valence-electron chi connectivity index (χ4n) is 2.94. The first-order valence-corrected chi connectivity index (χ1v) is 11.1. The summed E-state index contributed by atoms with van der Waals surface area (Å²) in [4.78, 5) is 15.7. The van der Waals surface area contributed by atoms with Crippen molar-refractivity contribution in [2.45, 2.75) is 17.1 Å². The molecule has 0 saturated heterocycles. The molecule has 0 aliphatic rings. The zero-order valence-electron chi connectivity index (χ0n) is 15.0. The van der Waals surface area contributed by atoms with E-state index in [1.807, 2.05) is 30.7 Å². The van der Waals surface area contributed by atoms with Gasteiger partial charge in [-0.2, -0.15) is 0 Å². The molecule has 9 heteroatoms. The molecule has 0 aliphatic heterocycles. The van der Waals surface area contributed by atoms with Gasteiger partial charge in [0.05, 0.1) is 5.39 Å². The maximum Gasteiger partial charge on any atom is 0.197 e. The minimum atomic E-state index is 0.754. The van der Waals surface area contributed by atoms with Crippen molar-refractivity contribution in [2.24, 2.45) is 7.05 Å². The molecule has 28 heavy (non-hydrogen) atoms. The molecule has 0 saturated carbocycles. The summed E-state index contributed by atoms with van der Waals surface area (Å²) in [6.45, 7) is 1.92. The highest BCUT2D eigenvalue weighted by molar-refractivity contribution is 7.99. The van der Waals surface area contributed by atoms with Crippen molar-refractivity contribution in [3.63, 3.8) is 0 Å². The van der Waals surface area contributed by atoms with Gasteiger partial charge in [-0.05, 0) is 42.3 Å². The van der Waals surface area contributed by atoms with Crippen molar-refractivity contribution in [2.75, 3.05) is 0 Å². The van der Waals surface area contributed by atoms with Crippen LogP contribution in [0.5, 0.6) is 0 Å². The van der Waals surface area contributed by atoms with Gasteiger partial charge in [-0.1, -0.05) is 6.07 Å². The van der Waals surface area contributed by atoms with Crippen molar-refractivity contribution in [3.05, 3.63) is 53.2 Å². The number of pyridine rings is 1. The van der Waals surface area contributed by atoms with Gasteiger partial charge in [-0.15, -0.1) is 32.9 Å². The first-order valence-electron chi connectivity index (χ1n) is 8.48. The van der Waals surface area contributed by atoms with E-state index in [1.165, 1.54) is 22.2 Å². The summed E-state index contributed by atoms with van der Waals surface area (Å²) >= 11 is 4.89. The molecule has 0 radical (unpaired) electrons. The Morgan fingerprint density at radius 1 is 1.07 bits per heavy atom. The summed E-state index contributed by atoms with van der Waals surface area (Å²) in [5, 5.41) is 15.8. The van der Waals surface area contributed by atoms with Gasteiger partial charge in [0.15, 0.2) is 11.0 Å². The SMILES string of the molecule is Cc1nc(Sc2nnc(-c3cccnc3)n2C)c2c(-c3cccs3)csc2n1. The minimum absolute atomic E-state index is 0.754. The lowest BCUT2D eigenvalue weighted by Crippen LogP contribution is -1.96. The molecule has 0 atom stereocenters. The highest BCUT2D eigenvalue weighted by atomic mass is 32.2. The Balaban J connectivity index is 1.61. The van der Waals surface area contributed by atoms with Gasteiger partial charge in [0.2, 0.25) is 0 Å². The number of hydrogen-bond donors (Lipinski definition) is 0. The molecule has 5 rings (SSSR count). The second-order valence-electron chi connectivity index (χ2n) is 6.09. The Bertz CT molecular complexity index is 1260. The third-order valence-electron chi connectivity index (χ3n) is 4.24. The molecule has 0 amide bonds. The lowest BCUT2D eigenvalue weighted by molar-refractivity contribution is 0.792. The average Bonchev–Trinajstić information content (AvgIpc) is 3.43. The molecule has 6 nitrogen and oxygen atoms in total. The normalized spacial score (nSPS) is 11.4. The number of rotatable bonds is 4. The molecule has 0 N–H and O–H groups in total. The van der Waals surface area contributed by atoms with Crippen LogP contribution in [0.1, 0.15) is 5.82 Å². The third-order valence-corrected chi connectivity index (χ3v) is 7.04. The van der Waals surface area contributed by atoms with Crippen LogP contribution in [0, 0.1) is 6.92 Å². The van der Waals surface area contributed by atoms with Gasteiger partial charge in [-0.3, -0.25) is 4.98 Å². The van der Waals surface area contributed by atoms with Crippen molar-refractivity contribution in [1.29, 1.82) is 0 Å². The van der Waals surface area contributed by atoms with E-state index in [0.717, 1.165) is 37.6 Å². The first kappa shape index (κ1) is 17.5. The van der Waals surface area contributed by atoms with Gasteiger partial charge in [0.25, 0.3) is 0 Å². The number of aromatic nitrogens is 6. The van der Waals surface area contributed by atoms with E-state index in [0.29, 0.717) is 0 Å². The van der Waals surface area contributed by atoms with Gasteiger partial charge in [0.1, 0.15) is 15.7 Å². The Morgan fingerprint density at radius 2 is 2.00 bits per heavy atom. The quantitative estimate of drug-likeness (QED) is 0.377. The molecule has 5 heterocycles. The zero-order chi connectivity index (χ0) is 19.1. The minimum Gasteiger partial charge on any atom is -0.305 e. The van der Waals surface area contributed by atoms with Crippen LogP contribution in [-0.2, 0) is 7.05 Å². The fourth-order valence-corrected chi connectivity index (χ4v) is 5.77. The van der Waals surface area contributed by atoms with Crippen LogP contribution in [0.2, 0.25) is 0 Å². The third kappa shape index (κ3) is 3.01. The summed E-state index contributed by atoms with van der Waals surface area (Å²) in [7, 11) is 1.96. The second-order valence-corrected chi connectivity index (χ2v) is 8.85. The van der Waals surface area contributed by atoms with Gasteiger partial charge in [0, 0.05) is 40.8 Å². The second kappa shape index (κ2) is 7.08. The molecule has 0 unspecified atom stereocenters. The monoisotopic (exact) mass is 422 g/mol. The van der Waals surface area contributed by atoms with E-state index < -0.39 is 0 Å². The molecule has 0 spiro atoms. The van der Waals surface area contributed by atoms with Crippen LogP contribution >= 0.6 is 34.4 Å².